The molecule has 2 heterocycles. The average Bonchev–Trinajstić information content (AvgIpc) is 2.91. The molecule has 2 saturated heterocycles. The smallest absolute Gasteiger partial charge is 0.415 e. The fourth-order valence-corrected chi connectivity index (χ4v) is 2.69. The second-order valence-electron chi connectivity index (χ2n) is 5.00. The number of halogens is 1. The summed E-state index contributed by atoms with van der Waals surface area (Å²) < 4.78 is 5.53. The molecule has 1 atom stereocenters. The molecule has 0 aliphatic carbocycles. The Bertz CT molecular complexity index is 498. The van der Waals surface area contributed by atoms with E-state index in [1.807, 2.05) is 25.1 Å². The summed E-state index contributed by atoms with van der Waals surface area (Å²) >= 11 is 6.10. The maximum atomic E-state index is 12.0. The van der Waals surface area contributed by atoms with Crippen molar-refractivity contribution in [3.63, 3.8) is 0 Å². The highest BCUT2D eigenvalue weighted by Gasteiger charge is 2.47. The van der Waals surface area contributed by atoms with Gasteiger partial charge in [-0.1, -0.05) is 17.7 Å². The monoisotopic (exact) mass is 266 g/mol. The largest absolute Gasteiger partial charge is 0.439 e. The second kappa shape index (κ2) is 4.14. The number of carbonyl (C=O) groups is 1. The van der Waals surface area contributed by atoms with E-state index in [2.05, 4.69) is 5.32 Å². The fourth-order valence-electron chi connectivity index (χ4n) is 2.51. The quantitative estimate of drug-likeness (QED) is 0.848. The summed E-state index contributed by atoms with van der Waals surface area (Å²) in [5.74, 6) is 0. The minimum absolute atomic E-state index is 0.279. The minimum atomic E-state index is -0.353. The van der Waals surface area contributed by atoms with E-state index in [4.69, 9.17) is 16.3 Å². The number of aryl methyl sites for hydroxylation is 1. The molecular formula is C13H15ClN2O2. The lowest BCUT2D eigenvalue weighted by Gasteiger charge is -2.19. The molecule has 2 fully saturated rings. The Morgan fingerprint density at radius 3 is 3.00 bits per heavy atom. The van der Waals surface area contributed by atoms with Crippen molar-refractivity contribution in [3.8, 4) is 0 Å². The Hall–Kier alpha value is -1.26. The summed E-state index contributed by atoms with van der Waals surface area (Å²) in [7, 11) is 0. The van der Waals surface area contributed by atoms with Gasteiger partial charge < -0.3 is 10.1 Å². The molecule has 1 unspecified atom stereocenters. The lowest BCUT2D eigenvalue weighted by atomic mass is 10.0. The van der Waals surface area contributed by atoms with Crippen LogP contribution >= 0.6 is 11.6 Å². The predicted octanol–water partition coefficient (Wildman–Crippen LogP) is 2.34. The first-order valence-electron chi connectivity index (χ1n) is 6.07. The summed E-state index contributed by atoms with van der Waals surface area (Å²) in [5.41, 5.74) is 1.46. The Kier molecular flexibility index (Phi) is 2.72. The topological polar surface area (TPSA) is 41.6 Å². The van der Waals surface area contributed by atoms with Crippen LogP contribution in [0.25, 0.3) is 0 Å². The normalized spacial score (nSPS) is 27.0. The third-order valence-corrected chi connectivity index (χ3v) is 4.05. The molecule has 0 bridgehead atoms. The van der Waals surface area contributed by atoms with Crippen molar-refractivity contribution in [1.82, 2.24) is 5.32 Å². The molecule has 18 heavy (non-hydrogen) atoms. The van der Waals surface area contributed by atoms with Gasteiger partial charge in [-0.2, -0.15) is 0 Å². The molecule has 5 heteroatoms. The van der Waals surface area contributed by atoms with Gasteiger partial charge in [-0.25, -0.2) is 4.79 Å². The third kappa shape index (κ3) is 1.85. The van der Waals surface area contributed by atoms with Crippen LogP contribution in [-0.2, 0) is 4.74 Å². The van der Waals surface area contributed by atoms with E-state index >= 15 is 0 Å². The zero-order valence-corrected chi connectivity index (χ0v) is 11.0. The van der Waals surface area contributed by atoms with Crippen LogP contribution in [0.3, 0.4) is 0 Å². The van der Waals surface area contributed by atoms with Crippen LogP contribution in [0.2, 0.25) is 5.02 Å². The van der Waals surface area contributed by atoms with Gasteiger partial charge in [0.05, 0.1) is 6.54 Å². The highest BCUT2D eigenvalue weighted by molar-refractivity contribution is 6.31. The zero-order valence-electron chi connectivity index (χ0n) is 10.2. The van der Waals surface area contributed by atoms with E-state index in [0.29, 0.717) is 11.6 Å². The van der Waals surface area contributed by atoms with Crippen LogP contribution in [0.15, 0.2) is 18.2 Å². The van der Waals surface area contributed by atoms with Gasteiger partial charge in [0.2, 0.25) is 0 Å². The average molecular weight is 267 g/mol. The number of carbonyl (C=O) groups excluding carboxylic acids is 1. The molecule has 3 rings (SSSR count). The first-order chi connectivity index (χ1) is 8.60. The van der Waals surface area contributed by atoms with Gasteiger partial charge in [0, 0.05) is 23.7 Å². The summed E-state index contributed by atoms with van der Waals surface area (Å²) in [6, 6.07) is 5.65. The highest BCUT2D eigenvalue weighted by atomic mass is 35.5. The number of amides is 1. The van der Waals surface area contributed by atoms with Gasteiger partial charge in [-0.3, -0.25) is 4.90 Å². The van der Waals surface area contributed by atoms with E-state index < -0.39 is 0 Å². The zero-order chi connectivity index (χ0) is 12.8. The summed E-state index contributed by atoms with van der Waals surface area (Å²) in [5, 5.41) is 3.91. The van der Waals surface area contributed by atoms with E-state index in [1.165, 1.54) is 0 Å². The van der Waals surface area contributed by atoms with Crippen molar-refractivity contribution in [2.45, 2.75) is 18.9 Å². The summed E-state index contributed by atoms with van der Waals surface area (Å²) in [4.78, 5) is 13.6. The molecule has 0 radical (unpaired) electrons. The number of nitrogens with one attached hydrogen (secondary N) is 1. The minimum Gasteiger partial charge on any atom is -0.439 e. The maximum absolute atomic E-state index is 12.0. The van der Waals surface area contributed by atoms with Gasteiger partial charge in [-0.05, 0) is 31.2 Å². The lowest BCUT2D eigenvalue weighted by molar-refractivity contribution is 0.0733. The lowest BCUT2D eigenvalue weighted by Crippen LogP contribution is -2.36. The van der Waals surface area contributed by atoms with Crippen molar-refractivity contribution in [1.29, 1.82) is 0 Å². The second-order valence-corrected chi connectivity index (χ2v) is 5.40. The van der Waals surface area contributed by atoms with Crippen LogP contribution in [0, 0.1) is 6.92 Å². The van der Waals surface area contributed by atoms with Crippen LogP contribution in [0.5, 0.6) is 0 Å². The van der Waals surface area contributed by atoms with E-state index in [9.17, 15) is 4.79 Å². The summed E-state index contributed by atoms with van der Waals surface area (Å²) in [6.45, 7) is 4.17. The summed E-state index contributed by atoms with van der Waals surface area (Å²) in [6.07, 6.45) is 0.591. The van der Waals surface area contributed by atoms with Gasteiger partial charge in [0.1, 0.15) is 5.60 Å². The van der Waals surface area contributed by atoms with Crippen molar-refractivity contribution >= 4 is 23.4 Å². The van der Waals surface area contributed by atoms with E-state index in [1.54, 1.807) is 4.90 Å². The first-order valence-corrected chi connectivity index (χ1v) is 6.45. The standard InChI is InChI=1S/C13H15ClN2O2/c1-9-2-3-10(6-11(9)14)16-8-13(18-12(16)17)4-5-15-7-13/h2-3,6,15H,4-5,7-8H2,1H3. The Morgan fingerprint density at radius 1 is 1.50 bits per heavy atom. The van der Waals surface area contributed by atoms with Gasteiger partial charge in [0.15, 0.2) is 0 Å². The van der Waals surface area contributed by atoms with Crippen LogP contribution < -0.4 is 10.2 Å². The molecule has 1 amide bonds. The molecule has 2 aliphatic heterocycles. The SMILES string of the molecule is Cc1ccc(N2CC3(CCNC3)OC2=O)cc1Cl. The van der Waals surface area contributed by atoms with Crippen molar-refractivity contribution in [2.24, 2.45) is 0 Å². The Balaban J connectivity index is 1.88. The maximum Gasteiger partial charge on any atom is 0.415 e. The number of rotatable bonds is 1. The molecule has 1 spiro atoms. The number of benzene rings is 1. The highest BCUT2D eigenvalue weighted by Crippen LogP contribution is 2.33. The Labute approximate surface area is 111 Å². The molecule has 4 nitrogen and oxygen atoms in total. The van der Waals surface area contributed by atoms with Gasteiger partial charge in [-0.15, -0.1) is 0 Å². The molecule has 1 N–H and O–H groups in total. The number of nitrogens with zero attached hydrogens (tertiary/aromatic N) is 1. The van der Waals surface area contributed by atoms with Crippen molar-refractivity contribution in [3.05, 3.63) is 28.8 Å². The third-order valence-electron chi connectivity index (χ3n) is 3.64. The predicted molar refractivity (Wildman–Crippen MR) is 70.2 cm³/mol. The molecule has 1 aromatic rings. The molecule has 96 valence electrons. The first kappa shape index (κ1) is 11.8. The molecular weight excluding hydrogens is 252 g/mol. The number of hydrogen-bond donors (Lipinski definition) is 1. The molecule has 0 saturated carbocycles. The molecule has 1 aromatic carbocycles. The molecule has 0 aromatic heterocycles. The van der Waals surface area contributed by atoms with Crippen LogP contribution in [-0.4, -0.2) is 31.3 Å². The van der Waals surface area contributed by atoms with Gasteiger partial charge >= 0.3 is 6.09 Å². The fraction of sp³-hybridized carbons (Fsp3) is 0.462. The molecule has 2 aliphatic rings. The van der Waals surface area contributed by atoms with Gasteiger partial charge in [0.25, 0.3) is 0 Å². The van der Waals surface area contributed by atoms with E-state index in [-0.39, 0.29) is 11.7 Å². The van der Waals surface area contributed by atoms with E-state index in [0.717, 1.165) is 30.8 Å². The number of anilines is 1. The number of hydrogen-bond acceptors (Lipinski definition) is 3. The Morgan fingerprint density at radius 2 is 2.33 bits per heavy atom. The number of ether oxygens (including phenoxy) is 1. The van der Waals surface area contributed by atoms with Crippen LogP contribution in [0.4, 0.5) is 10.5 Å². The van der Waals surface area contributed by atoms with Crippen molar-refractivity contribution < 1.29 is 9.53 Å². The van der Waals surface area contributed by atoms with Crippen LogP contribution in [0.1, 0.15) is 12.0 Å². The van der Waals surface area contributed by atoms with Crippen molar-refractivity contribution in [2.75, 3.05) is 24.5 Å².